The van der Waals surface area contributed by atoms with Crippen LogP contribution in [0.2, 0.25) is 5.02 Å². The molecule has 0 N–H and O–H groups in total. The lowest BCUT2D eigenvalue weighted by Crippen LogP contribution is -2.03. The summed E-state index contributed by atoms with van der Waals surface area (Å²) in [4.78, 5) is 1.61. The van der Waals surface area contributed by atoms with Gasteiger partial charge in [0.25, 0.3) is 0 Å². The first-order chi connectivity index (χ1) is 15.8. The van der Waals surface area contributed by atoms with E-state index in [-0.39, 0.29) is 0 Å². The topological polar surface area (TPSA) is 61.4 Å². The fourth-order valence-electron chi connectivity index (χ4n) is 3.29. The van der Waals surface area contributed by atoms with E-state index in [1.165, 1.54) is 5.56 Å². The Hall–Kier alpha value is -3.42. The van der Waals surface area contributed by atoms with Crippen molar-refractivity contribution in [3.05, 3.63) is 107 Å². The first-order valence-corrected chi connectivity index (χ1v) is 11.5. The SMILES string of the molecule is Clc1ccc(-n2ncc(-c3nnn(Cc4ccccc4)n3)c2SCc2ccccc2)cc1. The minimum atomic E-state index is 0.553. The molecule has 0 spiro atoms. The molecule has 5 rings (SSSR count). The number of halogens is 1. The van der Waals surface area contributed by atoms with Crippen molar-refractivity contribution in [3.63, 3.8) is 0 Å². The van der Waals surface area contributed by atoms with Crippen molar-refractivity contribution >= 4 is 23.4 Å². The number of rotatable bonds is 7. The van der Waals surface area contributed by atoms with Gasteiger partial charge in [-0.3, -0.25) is 0 Å². The predicted octanol–water partition coefficient (Wildman–Crippen LogP) is 5.52. The quantitative estimate of drug-likeness (QED) is 0.300. The van der Waals surface area contributed by atoms with Crippen LogP contribution in [0.3, 0.4) is 0 Å². The summed E-state index contributed by atoms with van der Waals surface area (Å²) in [6, 6.07) is 28.0. The van der Waals surface area contributed by atoms with Gasteiger partial charge >= 0.3 is 0 Å². The molecule has 0 bridgehead atoms. The minimum Gasteiger partial charge on any atom is -0.226 e. The van der Waals surface area contributed by atoms with Crippen molar-refractivity contribution in [2.75, 3.05) is 0 Å². The maximum atomic E-state index is 6.08. The van der Waals surface area contributed by atoms with E-state index >= 15 is 0 Å². The van der Waals surface area contributed by atoms with E-state index in [1.54, 1.807) is 22.8 Å². The number of benzene rings is 3. The van der Waals surface area contributed by atoms with E-state index in [0.717, 1.165) is 27.6 Å². The van der Waals surface area contributed by atoms with Gasteiger partial charge in [-0.15, -0.1) is 22.0 Å². The third-order valence-electron chi connectivity index (χ3n) is 4.88. The van der Waals surface area contributed by atoms with Crippen LogP contribution < -0.4 is 0 Å². The van der Waals surface area contributed by atoms with Crippen molar-refractivity contribution in [3.8, 4) is 17.1 Å². The standard InChI is InChI=1S/C24H19ClN6S/c25-20-11-13-21(14-12-20)31-24(32-17-19-9-5-2-6-10-19)22(15-26-31)23-27-29-30(28-23)16-18-7-3-1-4-8-18/h1-15H,16-17H2. The molecular formula is C24H19ClN6S. The molecule has 0 atom stereocenters. The Labute approximate surface area is 194 Å². The van der Waals surface area contributed by atoms with Gasteiger partial charge in [0, 0.05) is 10.8 Å². The zero-order valence-corrected chi connectivity index (χ0v) is 18.6. The third kappa shape index (κ3) is 4.59. The maximum absolute atomic E-state index is 6.08. The Balaban J connectivity index is 1.48. The van der Waals surface area contributed by atoms with Gasteiger partial charge in [0.1, 0.15) is 5.03 Å². The van der Waals surface area contributed by atoms with Crippen LogP contribution in [0, 0.1) is 0 Å². The number of tetrazole rings is 1. The highest BCUT2D eigenvalue weighted by Crippen LogP contribution is 2.33. The van der Waals surface area contributed by atoms with Crippen molar-refractivity contribution in [2.24, 2.45) is 0 Å². The number of hydrogen-bond donors (Lipinski definition) is 0. The van der Waals surface area contributed by atoms with E-state index in [1.807, 2.05) is 77.5 Å². The van der Waals surface area contributed by atoms with Gasteiger partial charge < -0.3 is 0 Å². The molecule has 0 unspecified atom stereocenters. The summed E-state index contributed by atoms with van der Waals surface area (Å²) >= 11 is 7.78. The van der Waals surface area contributed by atoms with Crippen LogP contribution in [0.15, 0.2) is 96.2 Å². The zero-order chi connectivity index (χ0) is 21.8. The third-order valence-corrected chi connectivity index (χ3v) is 6.27. The fourth-order valence-corrected chi connectivity index (χ4v) is 4.48. The average Bonchev–Trinajstić information content (AvgIpc) is 3.46. The van der Waals surface area contributed by atoms with Crippen LogP contribution in [0.5, 0.6) is 0 Å². The fraction of sp³-hybridized carbons (Fsp3) is 0.0833. The molecule has 2 heterocycles. The van der Waals surface area contributed by atoms with Gasteiger partial charge in [0.05, 0.1) is 24.0 Å². The molecule has 5 aromatic rings. The highest BCUT2D eigenvalue weighted by atomic mass is 35.5. The highest BCUT2D eigenvalue weighted by molar-refractivity contribution is 7.98. The molecular weight excluding hydrogens is 440 g/mol. The van der Waals surface area contributed by atoms with Crippen molar-refractivity contribution < 1.29 is 0 Å². The Morgan fingerprint density at radius 2 is 1.50 bits per heavy atom. The molecule has 0 aliphatic rings. The lowest BCUT2D eigenvalue weighted by molar-refractivity contribution is 0.573. The molecule has 8 heteroatoms. The lowest BCUT2D eigenvalue weighted by Gasteiger charge is -2.09. The normalized spacial score (nSPS) is 11.0. The molecule has 0 saturated carbocycles. The van der Waals surface area contributed by atoms with E-state index in [9.17, 15) is 0 Å². The molecule has 3 aromatic carbocycles. The highest BCUT2D eigenvalue weighted by Gasteiger charge is 2.19. The summed E-state index contributed by atoms with van der Waals surface area (Å²) in [6.07, 6.45) is 1.80. The van der Waals surface area contributed by atoms with Crippen LogP contribution in [0.25, 0.3) is 17.1 Å². The second-order valence-electron chi connectivity index (χ2n) is 7.15. The van der Waals surface area contributed by atoms with E-state index in [0.29, 0.717) is 17.4 Å². The van der Waals surface area contributed by atoms with Crippen molar-refractivity contribution in [1.82, 2.24) is 30.0 Å². The van der Waals surface area contributed by atoms with Crippen molar-refractivity contribution in [2.45, 2.75) is 17.3 Å². The van der Waals surface area contributed by atoms with E-state index in [2.05, 4.69) is 32.6 Å². The summed E-state index contributed by atoms with van der Waals surface area (Å²) in [7, 11) is 0. The number of hydrogen-bond acceptors (Lipinski definition) is 5. The summed E-state index contributed by atoms with van der Waals surface area (Å²) in [6.45, 7) is 0.561. The molecule has 0 saturated heterocycles. The maximum Gasteiger partial charge on any atom is 0.209 e. The zero-order valence-electron chi connectivity index (χ0n) is 17.0. The van der Waals surface area contributed by atoms with Gasteiger partial charge in [-0.2, -0.15) is 9.90 Å². The molecule has 0 radical (unpaired) electrons. The smallest absolute Gasteiger partial charge is 0.209 e. The molecule has 2 aromatic heterocycles. The molecule has 0 amide bonds. The Morgan fingerprint density at radius 3 is 2.22 bits per heavy atom. The van der Waals surface area contributed by atoms with Crippen LogP contribution in [0.4, 0.5) is 0 Å². The summed E-state index contributed by atoms with van der Waals surface area (Å²) in [5, 5.41) is 19.5. The summed E-state index contributed by atoms with van der Waals surface area (Å²) in [5.74, 6) is 1.35. The second kappa shape index (κ2) is 9.38. The second-order valence-corrected chi connectivity index (χ2v) is 8.56. The van der Waals surface area contributed by atoms with Gasteiger partial charge in [-0.1, -0.05) is 72.3 Å². The lowest BCUT2D eigenvalue weighted by atomic mass is 10.2. The largest absolute Gasteiger partial charge is 0.226 e. The van der Waals surface area contributed by atoms with Gasteiger partial charge in [0.15, 0.2) is 0 Å². The summed E-state index contributed by atoms with van der Waals surface area (Å²) < 4.78 is 1.90. The van der Waals surface area contributed by atoms with Crippen LogP contribution in [0.1, 0.15) is 11.1 Å². The first-order valence-electron chi connectivity index (χ1n) is 10.1. The van der Waals surface area contributed by atoms with Gasteiger partial charge in [0.2, 0.25) is 5.82 Å². The first kappa shape index (κ1) is 20.5. The van der Waals surface area contributed by atoms with Crippen molar-refractivity contribution in [1.29, 1.82) is 0 Å². The molecule has 0 fully saturated rings. The Bertz CT molecular complexity index is 1300. The molecule has 6 nitrogen and oxygen atoms in total. The van der Waals surface area contributed by atoms with Crippen LogP contribution in [-0.2, 0) is 12.3 Å². The van der Waals surface area contributed by atoms with Gasteiger partial charge in [-0.05, 0) is 40.6 Å². The van der Waals surface area contributed by atoms with Gasteiger partial charge in [-0.25, -0.2) is 4.68 Å². The Kier molecular flexibility index (Phi) is 6.00. The average molecular weight is 459 g/mol. The Morgan fingerprint density at radius 1 is 0.812 bits per heavy atom. The van der Waals surface area contributed by atoms with E-state index < -0.39 is 0 Å². The number of nitrogens with zero attached hydrogens (tertiary/aromatic N) is 6. The molecule has 0 aliphatic heterocycles. The molecule has 158 valence electrons. The van der Waals surface area contributed by atoms with E-state index in [4.69, 9.17) is 11.6 Å². The summed E-state index contributed by atoms with van der Waals surface area (Å²) in [5.41, 5.74) is 4.12. The predicted molar refractivity (Wildman–Crippen MR) is 127 cm³/mol. The van der Waals surface area contributed by atoms with Crippen LogP contribution >= 0.6 is 23.4 Å². The molecule has 32 heavy (non-hydrogen) atoms. The monoisotopic (exact) mass is 458 g/mol. The number of thioether (sulfide) groups is 1. The molecule has 0 aliphatic carbocycles. The van der Waals surface area contributed by atoms with Crippen LogP contribution in [-0.4, -0.2) is 30.0 Å². The number of aromatic nitrogens is 6. The minimum absolute atomic E-state index is 0.553.